The second-order valence-electron chi connectivity index (χ2n) is 10.0. The van der Waals surface area contributed by atoms with Crippen LogP contribution < -0.4 is 0 Å². The molecule has 1 atom stereocenters. The molecule has 206 valence electrons. The zero-order valence-corrected chi connectivity index (χ0v) is 25.6. The van der Waals surface area contributed by atoms with Crippen molar-refractivity contribution in [1.82, 2.24) is 0 Å². The summed E-state index contributed by atoms with van der Waals surface area (Å²) in [6, 6.07) is 0. The Labute approximate surface area is 221 Å². The van der Waals surface area contributed by atoms with Gasteiger partial charge in [-0.25, -0.2) is 0 Å². The fourth-order valence-corrected chi connectivity index (χ4v) is 7.73. The van der Waals surface area contributed by atoms with Gasteiger partial charge in [-0.15, -0.1) is 0 Å². The van der Waals surface area contributed by atoms with Crippen molar-refractivity contribution < 1.29 is 13.3 Å². The van der Waals surface area contributed by atoms with Gasteiger partial charge in [0, 0.05) is 19.8 Å². The van der Waals surface area contributed by atoms with Crippen LogP contribution in [0.25, 0.3) is 0 Å². The maximum absolute atomic E-state index is 6.40. The lowest BCUT2D eigenvalue weighted by molar-refractivity contribution is 0.0584. The summed E-state index contributed by atoms with van der Waals surface area (Å²) in [4.78, 5) is 0.0682. The number of hydrogen-bond donors (Lipinski definition) is 1. The minimum atomic E-state index is -2.72. The topological polar surface area (TPSA) is 27.7 Å². The van der Waals surface area contributed by atoms with E-state index in [1.165, 1.54) is 116 Å². The number of rotatable bonds is 28. The van der Waals surface area contributed by atoms with E-state index in [2.05, 4.69) is 20.8 Å². The standard InChI is InChI=1S/C29H62O3SSi/c1-5-9-11-13-15-17-19-21-23-25-27-31-34(30-8-4,29(33)7-3)32-28-26-24-22-20-18-16-14-12-10-6-2/h29,33H,5-28H2,1-4H3. The lowest BCUT2D eigenvalue weighted by atomic mass is 10.1. The van der Waals surface area contributed by atoms with Crippen LogP contribution >= 0.6 is 12.6 Å². The number of unbranched alkanes of at least 4 members (excludes halogenated alkanes) is 18. The molecule has 1 unspecified atom stereocenters. The zero-order valence-electron chi connectivity index (χ0n) is 23.7. The molecule has 0 amide bonds. The van der Waals surface area contributed by atoms with Crippen molar-refractivity contribution in [3.8, 4) is 0 Å². The van der Waals surface area contributed by atoms with Crippen LogP contribution in [-0.2, 0) is 13.3 Å². The van der Waals surface area contributed by atoms with Gasteiger partial charge in [0.25, 0.3) is 0 Å². The summed E-state index contributed by atoms with van der Waals surface area (Å²) >= 11 is 4.84. The Morgan fingerprint density at radius 3 is 1.09 bits per heavy atom. The smallest absolute Gasteiger partial charge is 0.373 e. The van der Waals surface area contributed by atoms with Gasteiger partial charge in [-0.05, 0) is 26.2 Å². The summed E-state index contributed by atoms with van der Waals surface area (Å²) in [5.74, 6) is 0. The first-order valence-corrected chi connectivity index (χ1v) is 17.6. The van der Waals surface area contributed by atoms with Gasteiger partial charge in [-0.1, -0.05) is 136 Å². The molecule has 0 N–H and O–H groups in total. The molecule has 0 fully saturated rings. The monoisotopic (exact) mass is 518 g/mol. The molecule has 3 nitrogen and oxygen atoms in total. The van der Waals surface area contributed by atoms with Crippen LogP contribution in [0.2, 0.25) is 0 Å². The minimum Gasteiger partial charge on any atom is -0.373 e. The molecule has 0 rings (SSSR count). The van der Waals surface area contributed by atoms with Crippen molar-refractivity contribution in [3.05, 3.63) is 0 Å². The molecule has 0 aromatic carbocycles. The van der Waals surface area contributed by atoms with Crippen LogP contribution in [0.15, 0.2) is 0 Å². The van der Waals surface area contributed by atoms with Crippen molar-refractivity contribution >= 4 is 21.4 Å². The predicted octanol–water partition coefficient (Wildman–Crippen LogP) is 10.1. The predicted molar refractivity (Wildman–Crippen MR) is 156 cm³/mol. The van der Waals surface area contributed by atoms with E-state index in [-0.39, 0.29) is 4.87 Å². The lowest BCUT2D eigenvalue weighted by Crippen LogP contribution is -2.54. The van der Waals surface area contributed by atoms with Gasteiger partial charge in [-0.3, -0.25) is 0 Å². The van der Waals surface area contributed by atoms with Gasteiger partial charge >= 0.3 is 8.80 Å². The van der Waals surface area contributed by atoms with Gasteiger partial charge in [-0.2, -0.15) is 12.6 Å². The van der Waals surface area contributed by atoms with Gasteiger partial charge in [0.15, 0.2) is 0 Å². The van der Waals surface area contributed by atoms with Gasteiger partial charge in [0.1, 0.15) is 0 Å². The summed E-state index contributed by atoms with van der Waals surface area (Å²) in [5.41, 5.74) is 0. The van der Waals surface area contributed by atoms with Crippen LogP contribution in [-0.4, -0.2) is 33.5 Å². The minimum absolute atomic E-state index is 0.0682. The third-order valence-corrected chi connectivity index (χ3v) is 11.2. The highest BCUT2D eigenvalue weighted by atomic mass is 32.1. The fourth-order valence-electron chi connectivity index (χ4n) is 4.47. The molecule has 5 heteroatoms. The highest BCUT2D eigenvalue weighted by Crippen LogP contribution is 2.24. The number of thiol groups is 1. The van der Waals surface area contributed by atoms with Crippen molar-refractivity contribution in [3.63, 3.8) is 0 Å². The first-order chi connectivity index (χ1) is 16.7. The van der Waals surface area contributed by atoms with Crippen LogP contribution in [0, 0.1) is 0 Å². The Hall–Kier alpha value is 0.447. The Balaban J connectivity index is 4.05. The maximum atomic E-state index is 6.40. The molecule has 0 saturated heterocycles. The second-order valence-corrected chi connectivity index (χ2v) is 13.9. The highest BCUT2D eigenvalue weighted by Gasteiger charge is 2.47. The molecular weight excluding hydrogens is 456 g/mol. The quantitative estimate of drug-likeness (QED) is 0.0634. The fraction of sp³-hybridized carbons (Fsp3) is 1.00. The van der Waals surface area contributed by atoms with E-state index in [1.807, 2.05) is 6.92 Å². The molecule has 0 aromatic rings. The average molecular weight is 519 g/mol. The summed E-state index contributed by atoms with van der Waals surface area (Å²) < 4.78 is 19.0. The molecule has 0 radical (unpaired) electrons. The Kier molecular flexibility index (Phi) is 26.9. The molecule has 0 spiro atoms. The molecule has 34 heavy (non-hydrogen) atoms. The van der Waals surface area contributed by atoms with Crippen LogP contribution in [0.5, 0.6) is 0 Å². The van der Waals surface area contributed by atoms with E-state index in [9.17, 15) is 0 Å². The molecule has 0 aromatic heterocycles. The number of hydrogen-bond acceptors (Lipinski definition) is 4. The summed E-state index contributed by atoms with van der Waals surface area (Å²) in [5, 5.41) is 0. The summed E-state index contributed by atoms with van der Waals surface area (Å²) in [7, 11) is -2.72. The molecule has 0 saturated carbocycles. The van der Waals surface area contributed by atoms with E-state index in [4.69, 9.17) is 25.9 Å². The normalized spacial score (nSPS) is 13.0. The molecule has 0 aliphatic carbocycles. The van der Waals surface area contributed by atoms with E-state index < -0.39 is 8.80 Å². The summed E-state index contributed by atoms with van der Waals surface area (Å²) in [6.45, 7) is 10.9. The lowest BCUT2D eigenvalue weighted by Gasteiger charge is -2.33. The van der Waals surface area contributed by atoms with Crippen molar-refractivity contribution in [2.45, 2.75) is 167 Å². The first kappa shape index (κ1) is 34.4. The van der Waals surface area contributed by atoms with E-state index in [0.717, 1.165) is 32.5 Å². The van der Waals surface area contributed by atoms with Crippen molar-refractivity contribution in [1.29, 1.82) is 0 Å². The van der Waals surface area contributed by atoms with Crippen LogP contribution in [0.4, 0.5) is 0 Å². The molecule has 0 aliphatic rings. The summed E-state index contributed by atoms with van der Waals surface area (Å²) in [6.07, 6.45) is 27.7. The Morgan fingerprint density at radius 2 is 0.794 bits per heavy atom. The van der Waals surface area contributed by atoms with Gasteiger partial charge in [0.2, 0.25) is 0 Å². The van der Waals surface area contributed by atoms with Crippen molar-refractivity contribution in [2.75, 3.05) is 19.8 Å². The van der Waals surface area contributed by atoms with E-state index in [0.29, 0.717) is 6.61 Å². The Morgan fingerprint density at radius 1 is 0.471 bits per heavy atom. The zero-order chi connectivity index (χ0) is 25.2. The largest absolute Gasteiger partial charge is 0.514 e. The maximum Gasteiger partial charge on any atom is 0.514 e. The molecule has 0 aliphatic heterocycles. The van der Waals surface area contributed by atoms with E-state index >= 15 is 0 Å². The van der Waals surface area contributed by atoms with E-state index in [1.54, 1.807) is 0 Å². The average Bonchev–Trinajstić information content (AvgIpc) is 2.85. The SMILES string of the molecule is CCCCCCCCCCCCO[Si](OCC)(OCCCCCCCCCCCC)C(S)CC. The van der Waals surface area contributed by atoms with Gasteiger partial charge < -0.3 is 13.3 Å². The third kappa shape index (κ3) is 19.6. The van der Waals surface area contributed by atoms with Crippen molar-refractivity contribution in [2.24, 2.45) is 0 Å². The Bertz CT molecular complexity index is 372. The van der Waals surface area contributed by atoms with Crippen LogP contribution in [0.1, 0.15) is 163 Å². The van der Waals surface area contributed by atoms with Crippen LogP contribution in [0.3, 0.4) is 0 Å². The molecular formula is C29H62O3SSi. The van der Waals surface area contributed by atoms with Gasteiger partial charge in [0.05, 0.1) is 4.87 Å². The molecule has 0 bridgehead atoms. The first-order valence-electron chi connectivity index (χ1n) is 15.3. The highest BCUT2D eigenvalue weighted by molar-refractivity contribution is 7.83. The molecule has 0 heterocycles. The second kappa shape index (κ2) is 26.5. The third-order valence-electron chi connectivity index (χ3n) is 6.74.